The first-order valence-corrected chi connectivity index (χ1v) is 8.69. The molecule has 0 spiro atoms. The van der Waals surface area contributed by atoms with Crippen molar-refractivity contribution in [2.75, 3.05) is 19.3 Å². The van der Waals surface area contributed by atoms with E-state index < -0.39 is 35.6 Å². The Labute approximate surface area is 116 Å². The van der Waals surface area contributed by atoms with E-state index in [2.05, 4.69) is 9.44 Å². The summed E-state index contributed by atoms with van der Waals surface area (Å²) in [6, 6.07) is 4.88. The van der Waals surface area contributed by atoms with E-state index in [1.54, 1.807) is 0 Å². The summed E-state index contributed by atoms with van der Waals surface area (Å²) in [4.78, 5) is 9.48. The number of rotatable bonds is 7. The van der Waals surface area contributed by atoms with Crippen molar-refractivity contribution in [1.29, 1.82) is 0 Å². The van der Waals surface area contributed by atoms with Crippen LogP contribution in [-0.4, -0.2) is 41.1 Å². The highest BCUT2D eigenvalue weighted by Crippen LogP contribution is 2.22. The molecule has 9 nitrogen and oxygen atoms in total. The molecule has 0 radical (unpaired) electrons. The second-order valence-corrected chi connectivity index (χ2v) is 7.36. The maximum atomic E-state index is 11.9. The first-order chi connectivity index (χ1) is 9.13. The lowest BCUT2D eigenvalue weighted by Gasteiger charge is -2.07. The Hall–Kier alpha value is -1.56. The molecule has 0 aromatic heterocycles. The number of nitrogens with zero attached hydrogens (tertiary/aromatic N) is 1. The van der Waals surface area contributed by atoms with Gasteiger partial charge in [0.05, 0.1) is 11.2 Å². The maximum absolute atomic E-state index is 11.9. The van der Waals surface area contributed by atoms with Gasteiger partial charge in [0.2, 0.25) is 20.0 Å². The van der Waals surface area contributed by atoms with Gasteiger partial charge in [0.15, 0.2) is 4.90 Å². The number of nitrogens with one attached hydrogen (secondary N) is 2. The highest BCUT2D eigenvalue weighted by molar-refractivity contribution is 7.89. The number of sulfonamides is 2. The van der Waals surface area contributed by atoms with Crippen LogP contribution >= 0.6 is 0 Å². The van der Waals surface area contributed by atoms with Crippen LogP contribution in [0.25, 0.3) is 0 Å². The van der Waals surface area contributed by atoms with E-state index in [9.17, 15) is 26.9 Å². The molecule has 0 unspecified atom stereocenters. The normalized spacial score (nSPS) is 12.2. The number of nitro groups is 1. The molecule has 0 amide bonds. The number of nitro benzene ring substituents is 1. The topological polar surface area (TPSA) is 135 Å². The lowest BCUT2D eigenvalue weighted by Crippen LogP contribution is -2.34. The highest BCUT2D eigenvalue weighted by Gasteiger charge is 2.24. The smallest absolute Gasteiger partial charge is 0.258 e. The Balaban J connectivity index is 2.82. The standard InChI is InChI=1S/C9H13N3O6S2/c1-19(15,16)10-6-7-11-20(17,18)9-5-3-2-4-8(9)12(13)14/h2-5,10-11H,6-7H2,1H3. The Morgan fingerprint density at radius 2 is 1.65 bits per heavy atom. The predicted octanol–water partition coefficient (Wildman–Crippen LogP) is -0.578. The Morgan fingerprint density at radius 3 is 2.20 bits per heavy atom. The molecule has 0 aliphatic rings. The molecular formula is C9H13N3O6S2. The van der Waals surface area contributed by atoms with E-state index in [1.807, 2.05) is 0 Å². The summed E-state index contributed by atoms with van der Waals surface area (Å²) in [7, 11) is -7.50. The zero-order valence-electron chi connectivity index (χ0n) is 10.4. The SMILES string of the molecule is CS(=O)(=O)NCCNS(=O)(=O)c1ccccc1[N+](=O)[O-]. The van der Waals surface area contributed by atoms with E-state index in [0.29, 0.717) is 0 Å². The average Bonchev–Trinajstić information content (AvgIpc) is 2.33. The minimum Gasteiger partial charge on any atom is -0.258 e. The summed E-state index contributed by atoms with van der Waals surface area (Å²) in [5.74, 6) is 0. The third-order valence-electron chi connectivity index (χ3n) is 2.13. The lowest BCUT2D eigenvalue weighted by molar-refractivity contribution is -0.387. The molecular weight excluding hydrogens is 310 g/mol. The van der Waals surface area contributed by atoms with Crippen molar-refractivity contribution in [2.24, 2.45) is 0 Å². The van der Waals surface area contributed by atoms with Crippen LogP contribution in [0.2, 0.25) is 0 Å². The van der Waals surface area contributed by atoms with Gasteiger partial charge >= 0.3 is 0 Å². The van der Waals surface area contributed by atoms with Gasteiger partial charge in [-0.1, -0.05) is 12.1 Å². The highest BCUT2D eigenvalue weighted by atomic mass is 32.2. The molecule has 1 rings (SSSR count). The average molecular weight is 323 g/mol. The largest absolute Gasteiger partial charge is 0.289 e. The fraction of sp³-hybridized carbons (Fsp3) is 0.333. The molecule has 0 saturated carbocycles. The summed E-state index contributed by atoms with van der Waals surface area (Å²) < 4.78 is 49.5. The molecule has 1 aromatic rings. The first kappa shape index (κ1) is 16.5. The van der Waals surface area contributed by atoms with Gasteiger partial charge in [-0.05, 0) is 6.07 Å². The van der Waals surface area contributed by atoms with Gasteiger partial charge in [0.1, 0.15) is 0 Å². The third-order valence-corrected chi connectivity index (χ3v) is 4.37. The Bertz CT molecular complexity index is 698. The van der Waals surface area contributed by atoms with E-state index >= 15 is 0 Å². The van der Waals surface area contributed by atoms with Gasteiger partial charge in [0.25, 0.3) is 5.69 Å². The number of hydrogen-bond acceptors (Lipinski definition) is 6. The number of para-hydroxylation sites is 1. The zero-order chi connectivity index (χ0) is 15.4. The van der Waals surface area contributed by atoms with Crippen LogP contribution in [-0.2, 0) is 20.0 Å². The van der Waals surface area contributed by atoms with Crippen LogP contribution in [0.3, 0.4) is 0 Å². The van der Waals surface area contributed by atoms with Crippen LogP contribution in [0.1, 0.15) is 0 Å². The minimum absolute atomic E-state index is 0.154. The third kappa shape index (κ3) is 4.85. The van der Waals surface area contributed by atoms with Crippen molar-refractivity contribution in [3.8, 4) is 0 Å². The van der Waals surface area contributed by atoms with Crippen LogP contribution in [0.4, 0.5) is 5.69 Å². The second kappa shape index (κ2) is 6.26. The summed E-state index contributed by atoms with van der Waals surface area (Å²) in [5.41, 5.74) is -0.545. The van der Waals surface area contributed by atoms with Crippen LogP contribution in [0, 0.1) is 10.1 Å². The van der Waals surface area contributed by atoms with Gasteiger partial charge in [-0.3, -0.25) is 10.1 Å². The van der Waals surface area contributed by atoms with Crippen molar-refractivity contribution >= 4 is 25.7 Å². The molecule has 20 heavy (non-hydrogen) atoms. The summed E-state index contributed by atoms with van der Waals surface area (Å²) in [5, 5.41) is 10.8. The number of hydrogen-bond donors (Lipinski definition) is 2. The molecule has 0 atom stereocenters. The quantitative estimate of drug-likeness (QED) is 0.391. The molecule has 11 heteroatoms. The molecule has 0 bridgehead atoms. The van der Waals surface area contributed by atoms with Crippen LogP contribution < -0.4 is 9.44 Å². The molecule has 1 aromatic carbocycles. The molecule has 0 saturated heterocycles. The van der Waals surface area contributed by atoms with Gasteiger partial charge in [0, 0.05) is 19.2 Å². The minimum atomic E-state index is -4.08. The first-order valence-electron chi connectivity index (χ1n) is 5.31. The Kier molecular flexibility index (Phi) is 5.16. The van der Waals surface area contributed by atoms with Crippen molar-refractivity contribution < 1.29 is 21.8 Å². The molecule has 112 valence electrons. The van der Waals surface area contributed by atoms with Gasteiger partial charge in [-0.15, -0.1) is 0 Å². The fourth-order valence-corrected chi connectivity index (χ4v) is 3.01. The van der Waals surface area contributed by atoms with Crippen molar-refractivity contribution in [3.63, 3.8) is 0 Å². The van der Waals surface area contributed by atoms with Crippen molar-refractivity contribution in [3.05, 3.63) is 34.4 Å². The summed E-state index contributed by atoms with van der Waals surface area (Å²) in [6.45, 7) is -0.375. The summed E-state index contributed by atoms with van der Waals surface area (Å²) >= 11 is 0. The van der Waals surface area contributed by atoms with Gasteiger partial charge in [-0.2, -0.15) is 0 Å². The zero-order valence-corrected chi connectivity index (χ0v) is 12.1. The Morgan fingerprint density at radius 1 is 1.10 bits per heavy atom. The van der Waals surface area contributed by atoms with Crippen molar-refractivity contribution in [1.82, 2.24) is 9.44 Å². The van der Waals surface area contributed by atoms with Crippen LogP contribution in [0.5, 0.6) is 0 Å². The fourth-order valence-electron chi connectivity index (χ4n) is 1.33. The molecule has 0 fully saturated rings. The van der Waals surface area contributed by atoms with Crippen molar-refractivity contribution in [2.45, 2.75) is 4.90 Å². The van der Waals surface area contributed by atoms with Gasteiger partial charge < -0.3 is 0 Å². The molecule has 0 heterocycles. The predicted molar refractivity (Wildman–Crippen MR) is 71.1 cm³/mol. The lowest BCUT2D eigenvalue weighted by atomic mass is 10.3. The van der Waals surface area contributed by atoms with E-state index in [0.717, 1.165) is 18.4 Å². The monoisotopic (exact) mass is 323 g/mol. The van der Waals surface area contributed by atoms with E-state index in [4.69, 9.17) is 0 Å². The van der Waals surface area contributed by atoms with Crippen LogP contribution in [0.15, 0.2) is 29.2 Å². The molecule has 0 aliphatic heterocycles. The van der Waals surface area contributed by atoms with E-state index in [1.165, 1.54) is 12.1 Å². The molecule has 0 aliphatic carbocycles. The maximum Gasteiger partial charge on any atom is 0.289 e. The summed E-state index contributed by atoms with van der Waals surface area (Å²) in [6.07, 6.45) is 0.934. The second-order valence-electron chi connectivity index (χ2n) is 3.79. The van der Waals surface area contributed by atoms with Gasteiger partial charge in [-0.25, -0.2) is 26.3 Å². The van der Waals surface area contributed by atoms with E-state index in [-0.39, 0.29) is 13.1 Å². The molecule has 2 N–H and O–H groups in total. The number of benzene rings is 1.